The van der Waals surface area contributed by atoms with Crippen molar-refractivity contribution in [3.05, 3.63) is 66.1 Å². The van der Waals surface area contributed by atoms with Crippen LogP contribution in [0.25, 0.3) is 38.6 Å². The summed E-state index contributed by atoms with van der Waals surface area (Å²) in [5, 5.41) is 17.0. The highest BCUT2D eigenvalue weighted by Gasteiger charge is 2.12. The predicted molar refractivity (Wildman–Crippen MR) is 132 cm³/mol. The number of aromatic amines is 1. The van der Waals surface area contributed by atoms with Gasteiger partial charge in [-0.15, -0.1) is 0 Å². The zero-order valence-electron chi connectivity index (χ0n) is 17.9. The Morgan fingerprint density at radius 2 is 1.75 bits per heavy atom. The standard InChI is InChI=1S/C26H26N6/c27-9-8-20(14-28)24-13-22-23-12-21(15-30-26(23)31-25(22)16-29-24)19-6-4-18(5-7-19)17-32-10-2-1-3-11-32/h4-9,12-16,27-28H,1-3,10-11,17H2,(H,30,31)/b20-8+,27-9?,28-14?. The van der Waals surface area contributed by atoms with Gasteiger partial charge in [0, 0.05) is 47.1 Å². The number of likely N-dealkylation sites (tertiary alicyclic amines) is 1. The van der Waals surface area contributed by atoms with Crippen molar-refractivity contribution < 1.29 is 0 Å². The van der Waals surface area contributed by atoms with Gasteiger partial charge < -0.3 is 15.8 Å². The Labute approximate surface area is 187 Å². The number of hydrogen-bond donors (Lipinski definition) is 3. The lowest BCUT2D eigenvalue weighted by molar-refractivity contribution is 0.221. The first kappa shape index (κ1) is 20.3. The van der Waals surface area contributed by atoms with E-state index >= 15 is 0 Å². The number of fused-ring (bicyclic) bond motifs is 3. The Morgan fingerprint density at radius 1 is 0.938 bits per heavy atom. The molecule has 32 heavy (non-hydrogen) atoms. The second-order valence-electron chi connectivity index (χ2n) is 8.33. The van der Waals surface area contributed by atoms with Crippen molar-refractivity contribution in [3.63, 3.8) is 0 Å². The van der Waals surface area contributed by atoms with Crippen molar-refractivity contribution in [2.75, 3.05) is 13.1 Å². The lowest BCUT2D eigenvalue weighted by atomic mass is 10.0. The summed E-state index contributed by atoms with van der Waals surface area (Å²) in [6, 6.07) is 12.9. The highest BCUT2D eigenvalue weighted by molar-refractivity contribution is 6.14. The Kier molecular flexibility index (Phi) is 5.60. The first-order valence-corrected chi connectivity index (χ1v) is 11.1. The smallest absolute Gasteiger partial charge is 0.138 e. The van der Waals surface area contributed by atoms with Crippen LogP contribution >= 0.6 is 0 Å². The van der Waals surface area contributed by atoms with Crippen LogP contribution in [0.2, 0.25) is 0 Å². The summed E-state index contributed by atoms with van der Waals surface area (Å²) in [6.45, 7) is 3.43. The van der Waals surface area contributed by atoms with Crippen molar-refractivity contribution in [2.24, 2.45) is 0 Å². The van der Waals surface area contributed by atoms with Crippen LogP contribution in [-0.2, 0) is 6.54 Å². The van der Waals surface area contributed by atoms with Crippen molar-refractivity contribution in [2.45, 2.75) is 25.8 Å². The molecule has 6 heteroatoms. The van der Waals surface area contributed by atoms with Gasteiger partial charge in [0.2, 0.25) is 0 Å². The van der Waals surface area contributed by atoms with Gasteiger partial charge in [0.05, 0.1) is 17.4 Å². The van der Waals surface area contributed by atoms with E-state index in [9.17, 15) is 0 Å². The second kappa shape index (κ2) is 8.85. The number of rotatable bonds is 6. The lowest BCUT2D eigenvalue weighted by Gasteiger charge is -2.26. The highest BCUT2D eigenvalue weighted by Crippen LogP contribution is 2.30. The van der Waals surface area contributed by atoms with E-state index < -0.39 is 0 Å². The van der Waals surface area contributed by atoms with Gasteiger partial charge in [-0.3, -0.25) is 9.88 Å². The minimum absolute atomic E-state index is 0.602. The SMILES string of the molecule is N=C/C=C(\C=N)c1cc2c(cn1)[nH]c1ncc(-c3ccc(CN4CCCCC4)cc3)cc12. The molecule has 5 rings (SSSR count). The molecular weight excluding hydrogens is 396 g/mol. The number of nitrogens with one attached hydrogen (secondary N) is 3. The van der Waals surface area contributed by atoms with Crippen molar-refractivity contribution >= 4 is 39.9 Å². The number of allylic oxidation sites excluding steroid dienone is 2. The minimum atomic E-state index is 0.602. The summed E-state index contributed by atoms with van der Waals surface area (Å²) in [5.74, 6) is 0. The molecule has 0 bridgehead atoms. The van der Waals surface area contributed by atoms with E-state index in [0.29, 0.717) is 11.3 Å². The molecule has 4 aromatic rings. The third-order valence-corrected chi connectivity index (χ3v) is 6.19. The summed E-state index contributed by atoms with van der Waals surface area (Å²) in [6.07, 6.45) is 11.6. The molecule has 1 aliphatic rings. The molecule has 1 aromatic carbocycles. The fourth-order valence-electron chi connectivity index (χ4n) is 4.47. The molecule has 3 N–H and O–H groups in total. The summed E-state index contributed by atoms with van der Waals surface area (Å²) in [5.41, 5.74) is 6.57. The van der Waals surface area contributed by atoms with E-state index in [1.165, 1.54) is 50.3 Å². The third-order valence-electron chi connectivity index (χ3n) is 6.19. The van der Waals surface area contributed by atoms with Crippen LogP contribution in [-0.4, -0.2) is 45.4 Å². The van der Waals surface area contributed by atoms with Crippen molar-refractivity contribution in [1.82, 2.24) is 19.9 Å². The molecule has 4 heterocycles. The number of piperidine rings is 1. The third kappa shape index (κ3) is 3.97. The number of aromatic nitrogens is 3. The van der Waals surface area contributed by atoms with Gasteiger partial charge in [0.25, 0.3) is 0 Å². The fourth-order valence-corrected chi connectivity index (χ4v) is 4.47. The maximum Gasteiger partial charge on any atom is 0.138 e. The van der Waals surface area contributed by atoms with E-state index in [1.54, 1.807) is 12.3 Å². The number of hydrogen-bond acceptors (Lipinski definition) is 5. The molecule has 0 unspecified atom stereocenters. The summed E-state index contributed by atoms with van der Waals surface area (Å²) in [7, 11) is 0. The van der Waals surface area contributed by atoms with Crippen LogP contribution < -0.4 is 0 Å². The average molecular weight is 423 g/mol. The van der Waals surface area contributed by atoms with Crippen LogP contribution in [0.5, 0.6) is 0 Å². The summed E-state index contributed by atoms with van der Waals surface area (Å²) >= 11 is 0. The molecule has 1 fully saturated rings. The molecule has 160 valence electrons. The average Bonchev–Trinajstić information content (AvgIpc) is 3.21. The van der Waals surface area contributed by atoms with Gasteiger partial charge in [-0.1, -0.05) is 30.7 Å². The zero-order valence-corrected chi connectivity index (χ0v) is 17.9. The molecule has 0 saturated carbocycles. The maximum atomic E-state index is 7.62. The first-order valence-electron chi connectivity index (χ1n) is 11.1. The fraction of sp³-hybridized carbons (Fsp3) is 0.231. The van der Waals surface area contributed by atoms with Gasteiger partial charge in [-0.05, 0) is 55.3 Å². The van der Waals surface area contributed by atoms with Crippen LogP contribution in [0.15, 0.2) is 54.9 Å². The maximum absolute atomic E-state index is 7.62. The van der Waals surface area contributed by atoms with Crippen molar-refractivity contribution in [3.8, 4) is 11.1 Å². The van der Waals surface area contributed by atoms with Gasteiger partial charge in [0.15, 0.2) is 0 Å². The second-order valence-corrected chi connectivity index (χ2v) is 8.33. The van der Waals surface area contributed by atoms with Gasteiger partial charge in [0.1, 0.15) is 5.65 Å². The first-order chi connectivity index (χ1) is 15.7. The van der Waals surface area contributed by atoms with E-state index in [1.807, 2.05) is 12.3 Å². The Bertz CT molecular complexity index is 1310. The highest BCUT2D eigenvalue weighted by atomic mass is 15.1. The van der Waals surface area contributed by atoms with Crippen LogP contribution in [0, 0.1) is 10.8 Å². The molecule has 0 amide bonds. The minimum Gasteiger partial charge on any atom is -0.338 e. The Hall–Kier alpha value is -3.64. The molecule has 3 aromatic heterocycles. The van der Waals surface area contributed by atoms with E-state index in [2.05, 4.69) is 50.2 Å². The summed E-state index contributed by atoms with van der Waals surface area (Å²) < 4.78 is 0. The normalized spacial score (nSPS) is 15.3. The predicted octanol–water partition coefficient (Wildman–Crippen LogP) is 5.45. The number of H-pyrrole nitrogens is 1. The molecule has 0 radical (unpaired) electrons. The molecule has 0 spiro atoms. The monoisotopic (exact) mass is 422 g/mol. The van der Waals surface area contributed by atoms with E-state index in [4.69, 9.17) is 10.8 Å². The molecular formula is C26H26N6. The van der Waals surface area contributed by atoms with E-state index in [0.717, 1.165) is 39.6 Å². The molecule has 1 saturated heterocycles. The van der Waals surface area contributed by atoms with Crippen LogP contribution in [0.4, 0.5) is 0 Å². The Balaban J connectivity index is 1.48. The quantitative estimate of drug-likeness (QED) is 0.361. The number of benzene rings is 1. The Morgan fingerprint density at radius 3 is 2.50 bits per heavy atom. The van der Waals surface area contributed by atoms with Gasteiger partial charge in [-0.25, -0.2) is 4.98 Å². The largest absolute Gasteiger partial charge is 0.338 e. The number of nitrogens with zero attached hydrogens (tertiary/aromatic N) is 3. The summed E-state index contributed by atoms with van der Waals surface area (Å²) in [4.78, 5) is 15.0. The van der Waals surface area contributed by atoms with Gasteiger partial charge >= 0.3 is 0 Å². The van der Waals surface area contributed by atoms with Crippen molar-refractivity contribution in [1.29, 1.82) is 10.8 Å². The molecule has 0 atom stereocenters. The van der Waals surface area contributed by atoms with Crippen LogP contribution in [0.3, 0.4) is 0 Å². The molecule has 1 aliphatic heterocycles. The van der Waals surface area contributed by atoms with E-state index in [-0.39, 0.29) is 0 Å². The molecule has 0 aliphatic carbocycles. The molecule has 6 nitrogen and oxygen atoms in total. The number of pyridine rings is 2. The topological polar surface area (TPSA) is 92.5 Å². The zero-order chi connectivity index (χ0) is 21.9. The van der Waals surface area contributed by atoms with Gasteiger partial charge in [-0.2, -0.15) is 0 Å². The lowest BCUT2D eigenvalue weighted by Crippen LogP contribution is -2.28. The van der Waals surface area contributed by atoms with Crippen LogP contribution in [0.1, 0.15) is 30.5 Å².